The van der Waals surface area contributed by atoms with Crippen LogP contribution in [0.2, 0.25) is 0 Å². The fraction of sp³-hybridized carbons (Fsp3) is 1.00. The Morgan fingerprint density at radius 1 is 0.846 bits per heavy atom. The van der Waals surface area contributed by atoms with Crippen molar-refractivity contribution in [1.29, 1.82) is 0 Å². The fourth-order valence-electron chi connectivity index (χ4n) is 0. The molecule has 0 radical (unpaired) electrons. The van der Waals surface area contributed by atoms with Crippen molar-refractivity contribution >= 4 is 50.5 Å². The van der Waals surface area contributed by atoms with Crippen LogP contribution in [0.25, 0.3) is 0 Å². The van der Waals surface area contributed by atoms with Crippen LogP contribution in [0.5, 0.6) is 0 Å². The van der Waals surface area contributed by atoms with Gasteiger partial charge in [0.15, 0.2) is 0 Å². The summed E-state index contributed by atoms with van der Waals surface area (Å²) in [5, 5.41) is 0. The molecule has 0 aromatic heterocycles. The van der Waals surface area contributed by atoms with Crippen molar-refractivity contribution in [2.75, 3.05) is 6.26 Å². The number of hydrogen-bond donors (Lipinski definition) is 4. The molecule has 0 fully saturated rings. The minimum absolute atomic E-state index is 0.417. The van der Waals surface area contributed by atoms with Crippen molar-refractivity contribution in [3.05, 3.63) is 0 Å². The maximum atomic E-state index is 3.85. The van der Waals surface area contributed by atoms with E-state index in [0.717, 1.165) is 0 Å². The minimum atomic E-state index is -0.417. The van der Waals surface area contributed by atoms with E-state index in [2.05, 4.69) is 64.4 Å². The van der Waals surface area contributed by atoms with E-state index in [4.69, 9.17) is 0 Å². The van der Waals surface area contributed by atoms with Crippen LogP contribution in [-0.2, 0) is 0 Å². The summed E-state index contributed by atoms with van der Waals surface area (Å²) in [5.74, 6) is 0. The zero-order chi connectivity index (χ0) is 11.9. The van der Waals surface area contributed by atoms with E-state index in [9.17, 15) is 0 Å². The fourth-order valence-corrected chi connectivity index (χ4v) is 0. The summed E-state index contributed by atoms with van der Waals surface area (Å²) in [4.78, 5) is 0. The van der Waals surface area contributed by atoms with Gasteiger partial charge in [-0.25, -0.2) is 0 Å². The maximum absolute atomic E-state index is 3.85. The zero-order valence-electron chi connectivity index (χ0n) is 9.70. The van der Waals surface area contributed by atoms with Crippen molar-refractivity contribution in [2.24, 2.45) is 0 Å². The summed E-state index contributed by atoms with van der Waals surface area (Å²) in [7, 11) is 0. The lowest BCUT2D eigenvalue weighted by Crippen LogP contribution is -1.88. The predicted octanol–water partition coefficient (Wildman–Crippen LogP) is 4.83. The molecule has 0 spiro atoms. The van der Waals surface area contributed by atoms with Crippen LogP contribution in [0.4, 0.5) is 0 Å². The topological polar surface area (TPSA) is 0 Å². The maximum Gasteiger partial charge on any atom is 0.0952 e. The van der Waals surface area contributed by atoms with Gasteiger partial charge < -0.3 is 0 Å². The van der Waals surface area contributed by atoms with Crippen molar-refractivity contribution in [2.45, 2.75) is 50.9 Å². The van der Waals surface area contributed by atoms with Crippen LogP contribution >= 0.6 is 50.5 Å². The van der Waals surface area contributed by atoms with E-state index in [0.29, 0.717) is 0 Å². The zero-order valence-corrected chi connectivity index (χ0v) is 13.3. The Kier molecular flexibility index (Phi) is 42.9. The van der Waals surface area contributed by atoms with Gasteiger partial charge in [-0.1, -0.05) is 40.5 Å². The second-order valence-corrected chi connectivity index (χ2v) is 5.71. The van der Waals surface area contributed by atoms with Crippen LogP contribution in [0.1, 0.15) is 47.5 Å². The highest BCUT2D eigenvalue weighted by atomic mass is 32.2. The van der Waals surface area contributed by atoms with E-state index < -0.39 is 3.41 Å². The molecule has 13 heavy (non-hydrogen) atoms. The summed E-state index contributed by atoms with van der Waals surface area (Å²) in [6.45, 7) is 10.1. The molecule has 86 valence electrons. The lowest BCUT2D eigenvalue weighted by molar-refractivity contribution is 0.886. The summed E-state index contributed by atoms with van der Waals surface area (Å²) < 4.78 is -0.417. The van der Waals surface area contributed by atoms with Gasteiger partial charge in [-0.2, -0.15) is 50.5 Å². The minimum Gasteiger partial charge on any atom is -0.183 e. The van der Waals surface area contributed by atoms with E-state index in [1.54, 1.807) is 13.2 Å². The van der Waals surface area contributed by atoms with Gasteiger partial charge in [0, 0.05) is 0 Å². The van der Waals surface area contributed by atoms with Gasteiger partial charge in [-0.15, -0.1) is 0 Å². The summed E-state index contributed by atoms with van der Waals surface area (Å²) in [5.41, 5.74) is 0. The molecular weight excluding hydrogens is 236 g/mol. The molecule has 0 saturated heterocycles. The molecule has 0 aliphatic rings. The Balaban J connectivity index is -0.0000000457. The highest BCUT2D eigenvalue weighted by Gasteiger charge is 1.99. The Bertz CT molecular complexity index is 42.1. The Hall–Kier alpha value is 1.40. The molecule has 4 heteroatoms. The molecule has 0 heterocycles. The van der Waals surface area contributed by atoms with Crippen LogP contribution in [-0.4, -0.2) is 9.67 Å². The van der Waals surface area contributed by atoms with Crippen LogP contribution in [0.15, 0.2) is 0 Å². The number of hydrogen-bond acceptors (Lipinski definition) is 4. The van der Waals surface area contributed by atoms with Crippen molar-refractivity contribution < 1.29 is 0 Å². The van der Waals surface area contributed by atoms with Crippen molar-refractivity contribution in [3.63, 3.8) is 0 Å². The molecule has 0 rings (SSSR count). The van der Waals surface area contributed by atoms with Gasteiger partial charge in [0.1, 0.15) is 0 Å². The molecule has 0 N–H and O–H groups in total. The summed E-state index contributed by atoms with van der Waals surface area (Å²) >= 11 is 15.1. The molecule has 0 unspecified atom stereocenters. The molecular formula is C9H26S4. The third-order valence-corrected chi connectivity index (χ3v) is 0.500. The Labute approximate surface area is 107 Å². The monoisotopic (exact) mass is 262 g/mol. The van der Waals surface area contributed by atoms with E-state index in [1.807, 2.05) is 13.8 Å². The normalized spacial score (nSPS) is 7.85. The first-order valence-corrected chi connectivity index (χ1v) is 6.77. The van der Waals surface area contributed by atoms with E-state index in [-0.39, 0.29) is 0 Å². The van der Waals surface area contributed by atoms with E-state index in [1.165, 1.54) is 12.8 Å². The predicted molar refractivity (Wildman–Crippen MR) is 82.2 cm³/mol. The molecule has 0 saturated carbocycles. The first-order valence-electron chi connectivity index (χ1n) is 4.53. The van der Waals surface area contributed by atoms with Gasteiger partial charge in [0.25, 0.3) is 0 Å². The smallest absolute Gasteiger partial charge is 0.0952 e. The van der Waals surface area contributed by atoms with Gasteiger partial charge in [0.2, 0.25) is 0 Å². The molecule has 0 atom stereocenters. The second-order valence-electron chi connectivity index (χ2n) is 1.97. The van der Waals surface area contributed by atoms with Gasteiger partial charge in [-0.3, -0.25) is 0 Å². The van der Waals surface area contributed by atoms with Crippen molar-refractivity contribution in [1.82, 2.24) is 0 Å². The lowest BCUT2D eigenvalue weighted by atomic mass is 10.4. The standard InChI is InChI=1S/C4H10.C2H6S3.C2H6.CH4S/c1-3-4-2;1-2(3,4)5;2*1-2/h3-4H2,1-2H3;3-5H,1H3;1-2H3;2H,1H3. The van der Waals surface area contributed by atoms with Crippen LogP contribution < -0.4 is 0 Å². The first-order chi connectivity index (χ1) is 5.91. The largest absolute Gasteiger partial charge is 0.183 e. The Morgan fingerprint density at radius 2 is 0.923 bits per heavy atom. The third kappa shape index (κ3) is 302. The molecule has 0 aromatic carbocycles. The second kappa shape index (κ2) is 23.3. The SMILES string of the molecule is CC.CC(S)(S)S.CCCC.CS. The number of unbranched alkanes of at least 4 members (excludes halogenated alkanes) is 1. The molecule has 0 amide bonds. The van der Waals surface area contributed by atoms with Gasteiger partial charge >= 0.3 is 0 Å². The van der Waals surface area contributed by atoms with Gasteiger partial charge in [-0.05, 0) is 13.2 Å². The molecule has 0 aromatic rings. The molecule has 0 aliphatic carbocycles. The van der Waals surface area contributed by atoms with Crippen LogP contribution in [0.3, 0.4) is 0 Å². The number of rotatable bonds is 1. The van der Waals surface area contributed by atoms with E-state index >= 15 is 0 Å². The molecule has 0 bridgehead atoms. The van der Waals surface area contributed by atoms with Gasteiger partial charge in [0.05, 0.1) is 3.41 Å². The highest BCUT2D eigenvalue weighted by molar-refractivity contribution is 8.16. The number of thiol groups is 4. The molecule has 0 nitrogen and oxygen atoms in total. The third-order valence-electron chi connectivity index (χ3n) is 0.500. The summed E-state index contributed by atoms with van der Waals surface area (Å²) in [6.07, 6.45) is 4.33. The lowest BCUT2D eigenvalue weighted by Gasteiger charge is -2.02. The van der Waals surface area contributed by atoms with Crippen LogP contribution in [0, 0.1) is 0 Å². The average Bonchev–Trinajstić information content (AvgIpc) is 2.08. The summed E-state index contributed by atoms with van der Waals surface area (Å²) in [6, 6.07) is 0. The van der Waals surface area contributed by atoms with Crippen molar-refractivity contribution in [3.8, 4) is 0 Å². The first kappa shape index (κ1) is 23.9. The average molecular weight is 263 g/mol. The quantitative estimate of drug-likeness (QED) is 0.378. The highest BCUT2D eigenvalue weighted by Crippen LogP contribution is 2.21. The Morgan fingerprint density at radius 3 is 0.923 bits per heavy atom. The molecule has 0 aliphatic heterocycles.